The summed E-state index contributed by atoms with van der Waals surface area (Å²) in [6, 6.07) is 13.1. The highest BCUT2D eigenvalue weighted by Crippen LogP contribution is 2.12. The van der Waals surface area contributed by atoms with Gasteiger partial charge in [0, 0.05) is 0 Å². The molecule has 0 radical (unpaired) electrons. The second-order valence-corrected chi connectivity index (χ2v) is 10.3. The van der Waals surface area contributed by atoms with Crippen LogP contribution in [0.5, 0.6) is 0 Å². The zero-order valence-electron chi connectivity index (χ0n) is 21.0. The summed E-state index contributed by atoms with van der Waals surface area (Å²) in [5.74, 6) is 0. The van der Waals surface area contributed by atoms with E-state index in [2.05, 4.69) is 126 Å². The highest BCUT2D eigenvalue weighted by molar-refractivity contribution is 7.27. The van der Waals surface area contributed by atoms with Crippen molar-refractivity contribution in [3.8, 4) is 0 Å². The van der Waals surface area contributed by atoms with Crippen LogP contribution in [0.15, 0.2) is 36.4 Å². The Morgan fingerprint density at radius 3 is 0.594 bits per heavy atom. The number of halogens is 2. The van der Waals surface area contributed by atoms with Crippen LogP contribution < -0.4 is 15.9 Å². The molecule has 3 aromatic rings. The molecule has 0 heterocycles. The van der Waals surface area contributed by atoms with Crippen LogP contribution in [-0.4, -0.2) is 0 Å². The molecule has 0 nitrogen and oxygen atoms in total. The van der Waals surface area contributed by atoms with Gasteiger partial charge in [0.05, 0.1) is 0 Å². The molecule has 0 N–H and O–H groups in total. The van der Waals surface area contributed by atoms with Crippen LogP contribution in [-0.2, 0) is 0 Å². The molecule has 0 saturated heterocycles. The van der Waals surface area contributed by atoms with Crippen LogP contribution in [0.1, 0.15) is 50.1 Å². The van der Waals surface area contributed by atoms with Crippen molar-refractivity contribution in [1.82, 2.24) is 0 Å². The molecule has 0 fully saturated rings. The predicted octanol–water partition coefficient (Wildman–Crippen LogP) is 7.18. The van der Waals surface area contributed by atoms with E-state index >= 15 is 0 Å². The third kappa shape index (κ3) is 10.6. The molecular formula is C27H41Cl2P3. The van der Waals surface area contributed by atoms with Gasteiger partial charge in [0.25, 0.3) is 0 Å². The summed E-state index contributed by atoms with van der Waals surface area (Å²) in [7, 11) is 8.16. The van der Waals surface area contributed by atoms with E-state index in [0.717, 1.165) is 0 Å². The third-order valence-electron chi connectivity index (χ3n) is 5.85. The van der Waals surface area contributed by atoms with Gasteiger partial charge in [-0.05, 0) is 128 Å². The molecule has 0 aliphatic heterocycles. The molecule has 178 valence electrons. The zero-order chi connectivity index (χ0) is 23.2. The van der Waals surface area contributed by atoms with Crippen molar-refractivity contribution in [1.29, 1.82) is 0 Å². The number of hydrogen-bond acceptors (Lipinski definition) is 0. The first kappa shape index (κ1) is 33.7. The standard InChI is InChI=1S/3C9H13P.2ClH/c3*1-6-4-9(10)5-7(2)8(6)3;;/h3*4-5H,10H2,1-3H3;2*1H. The van der Waals surface area contributed by atoms with Gasteiger partial charge in [-0.25, -0.2) is 0 Å². The molecule has 0 amide bonds. The smallest absolute Gasteiger partial charge is 0.0297 e. The van der Waals surface area contributed by atoms with Crippen molar-refractivity contribution in [2.75, 3.05) is 0 Å². The maximum Gasteiger partial charge on any atom is -0.0297 e. The molecule has 3 unspecified atom stereocenters. The van der Waals surface area contributed by atoms with E-state index in [4.69, 9.17) is 0 Å². The molecule has 0 aliphatic carbocycles. The fraction of sp³-hybridized carbons (Fsp3) is 0.333. The minimum absolute atomic E-state index is 0. The fourth-order valence-electron chi connectivity index (χ4n) is 3.21. The van der Waals surface area contributed by atoms with Gasteiger partial charge < -0.3 is 0 Å². The maximum atomic E-state index is 2.72. The summed E-state index contributed by atoms with van der Waals surface area (Å²) in [5, 5.41) is 3.84. The molecule has 0 bridgehead atoms. The normalized spacial score (nSPS) is 9.38. The Labute approximate surface area is 216 Å². The Hall–Kier alpha value is -0.470. The molecule has 5 heteroatoms. The lowest BCUT2D eigenvalue weighted by Crippen LogP contribution is -1.96. The average Bonchev–Trinajstić information content (AvgIpc) is 2.63. The van der Waals surface area contributed by atoms with Crippen LogP contribution in [0.4, 0.5) is 0 Å². The summed E-state index contributed by atoms with van der Waals surface area (Å²) in [6.45, 7) is 19.4. The van der Waals surface area contributed by atoms with Crippen LogP contribution in [0, 0.1) is 62.3 Å². The first-order chi connectivity index (χ1) is 13.8. The van der Waals surface area contributed by atoms with Crippen molar-refractivity contribution in [2.24, 2.45) is 0 Å². The highest BCUT2D eigenvalue weighted by atomic mass is 35.5. The summed E-state index contributed by atoms with van der Waals surface area (Å²) in [4.78, 5) is 0. The first-order valence-electron chi connectivity index (χ1n) is 10.3. The molecule has 0 aliphatic rings. The topological polar surface area (TPSA) is 0 Å². The predicted molar refractivity (Wildman–Crippen MR) is 164 cm³/mol. The minimum Gasteiger partial charge on any atom is -0.147 e. The van der Waals surface area contributed by atoms with Gasteiger partial charge in [0.2, 0.25) is 0 Å². The van der Waals surface area contributed by atoms with Crippen LogP contribution in [0.25, 0.3) is 0 Å². The van der Waals surface area contributed by atoms with Crippen molar-refractivity contribution in [2.45, 2.75) is 62.3 Å². The number of aryl methyl sites for hydroxylation is 6. The molecule has 0 aromatic heterocycles. The zero-order valence-corrected chi connectivity index (χ0v) is 26.1. The van der Waals surface area contributed by atoms with E-state index in [1.54, 1.807) is 0 Å². The summed E-state index contributed by atoms with van der Waals surface area (Å²) < 4.78 is 0. The van der Waals surface area contributed by atoms with Gasteiger partial charge in [-0.15, -0.1) is 52.5 Å². The molecule has 32 heavy (non-hydrogen) atoms. The van der Waals surface area contributed by atoms with Crippen molar-refractivity contribution >= 4 is 68.4 Å². The Bertz CT molecular complexity index is 826. The molecule has 3 aromatic carbocycles. The number of hydrogen-bond donors (Lipinski definition) is 0. The van der Waals surface area contributed by atoms with Gasteiger partial charge in [0.1, 0.15) is 0 Å². The third-order valence-corrected chi connectivity index (χ3v) is 6.85. The van der Waals surface area contributed by atoms with Crippen molar-refractivity contribution < 1.29 is 0 Å². The Kier molecular flexibility index (Phi) is 16.3. The quantitative estimate of drug-likeness (QED) is 0.271. The molecule has 3 rings (SSSR count). The average molecular weight is 529 g/mol. The second-order valence-electron chi connectivity index (χ2n) is 8.34. The number of benzene rings is 3. The lowest BCUT2D eigenvalue weighted by molar-refractivity contribution is 1.28. The molecule has 0 spiro atoms. The Morgan fingerprint density at radius 1 is 0.344 bits per heavy atom. The van der Waals surface area contributed by atoms with Gasteiger partial charge in [-0.3, -0.25) is 0 Å². The van der Waals surface area contributed by atoms with Gasteiger partial charge in [-0.1, -0.05) is 36.4 Å². The van der Waals surface area contributed by atoms with E-state index in [1.165, 1.54) is 66.0 Å². The first-order valence-corrected chi connectivity index (χ1v) is 12.1. The summed E-state index contributed by atoms with van der Waals surface area (Å²) in [5.41, 5.74) is 12.5. The lowest BCUT2D eigenvalue weighted by Gasteiger charge is -2.04. The monoisotopic (exact) mass is 528 g/mol. The van der Waals surface area contributed by atoms with Crippen molar-refractivity contribution in [3.05, 3.63) is 86.5 Å². The van der Waals surface area contributed by atoms with Gasteiger partial charge in [0.15, 0.2) is 0 Å². The second kappa shape index (κ2) is 15.4. The number of rotatable bonds is 0. The Balaban J connectivity index is 0. The summed E-state index contributed by atoms with van der Waals surface area (Å²) >= 11 is 0. The minimum atomic E-state index is 0. The SMILES string of the molecule is Cc1cc(P)cc(C)c1C.Cc1cc(P)cc(C)c1C.Cc1cc(P)cc(C)c1C.Cl.Cl. The fourth-order valence-corrected chi connectivity index (χ4v) is 4.71. The molecule has 3 atom stereocenters. The van der Waals surface area contributed by atoms with E-state index in [1.807, 2.05) is 0 Å². The highest BCUT2D eigenvalue weighted by Gasteiger charge is 1.97. The van der Waals surface area contributed by atoms with Crippen molar-refractivity contribution in [3.63, 3.8) is 0 Å². The van der Waals surface area contributed by atoms with E-state index in [-0.39, 0.29) is 24.8 Å². The van der Waals surface area contributed by atoms with E-state index in [9.17, 15) is 0 Å². The lowest BCUT2D eigenvalue weighted by atomic mass is 10.1. The van der Waals surface area contributed by atoms with Gasteiger partial charge >= 0.3 is 0 Å². The maximum absolute atomic E-state index is 2.72. The Morgan fingerprint density at radius 2 is 0.469 bits per heavy atom. The summed E-state index contributed by atoms with van der Waals surface area (Å²) in [6.07, 6.45) is 0. The molecule has 0 saturated carbocycles. The van der Waals surface area contributed by atoms with Crippen LogP contribution in [0.2, 0.25) is 0 Å². The van der Waals surface area contributed by atoms with E-state index < -0.39 is 0 Å². The van der Waals surface area contributed by atoms with Crippen LogP contribution in [0.3, 0.4) is 0 Å². The van der Waals surface area contributed by atoms with Gasteiger partial charge in [-0.2, -0.15) is 0 Å². The largest absolute Gasteiger partial charge is 0.147 e. The molecular weight excluding hydrogens is 488 g/mol. The van der Waals surface area contributed by atoms with Crippen LogP contribution >= 0.6 is 52.5 Å². The van der Waals surface area contributed by atoms with E-state index in [0.29, 0.717) is 0 Å².